The molecule has 8 heteroatoms. The molecular weight excluding hydrogens is 385 g/mol. The summed E-state index contributed by atoms with van der Waals surface area (Å²) in [6, 6.07) is 8.50. The van der Waals surface area contributed by atoms with E-state index in [1.54, 1.807) is 35.2 Å². The predicted octanol–water partition coefficient (Wildman–Crippen LogP) is 3.34. The molecule has 1 fully saturated rings. The molecule has 0 atom stereocenters. The van der Waals surface area contributed by atoms with Gasteiger partial charge in [0, 0.05) is 29.6 Å². The number of rotatable bonds is 6. The van der Waals surface area contributed by atoms with Gasteiger partial charge in [0.05, 0.1) is 11.5 Å². The molecule has 0 unspecified atom stereocenters. The lowest BCUT2D eigenvalue weighted by molar-refractivity contribution is -0.134. The molecule has 0 bridgehead atoms. The average molecular weight is 402 g/mol. The fraction of sp³-hybridized carbons (Fsp3) is 0.353. The van der Waals surface area contributed by atoms with Crippen molar-refractivity contribution >= 4 is 38.9 Å². The van der Waals surface area contributed by atoms with E-state index in [0.29, 0.717) is 22.2 Å². The minimum atomic E-state index is -3.32. The van der Waals surface area contributed by atoms with Gasteiger partial charge in [-0.1, -0.05) is 29.3 Å². The number of hydrogen-bond acceptors (Lipinski definition) is 4. The minimum Gasteiger partial charge on any atom is -0.468 e. The van der Waals surface area contributed by atoms with Crippen molar-refractivity contribution in [2.24, 2.45) is 0 Å². The molecule has 2 aromatic rings. The van der Waals surface area contributed by atoms with Crippen molar-refractivity contribution in [1.29, 1.82) is 0 Å². The fourth-order valence-corrected chi connectivity index (χ4v) is 4.94. The number of benzene rings is 1. The van der Waals surface area contributed by atoms with E-state index in [0.717, 1.165) is 5.56 Å². The van der Waals surface area contributed by atoms with Crippen LogP contribution in [0.4, 0.5) is 0 Å². The van der Waals surface area contributed by atoms with Gasteiger partial charge in [-0.05, 0) is 36.2 Å². The van der Waals surface area contributed by atoms with Crippen molar-refractivity contribution in [3.8, 4) is 0 Å². The van der Waals surface area contributed by atoms with Crippen LogP contribution in [0.5, 0.6) is 0 Å². The summed E-state index contributed by atoms with van der Waals surface area (Å²) < 4.78 is 29.7. The molecule has 5 nitrogen and oxygen atoms in total. The summed E-state index contributed by atoms with van der Waals surface area (Å²) in [5.41, 5.74) is 0.738. The molecule has 134 valence electrons. The Kier molecular flexibility index (Phi) is 5.41. The van der Waals surface area contributed by atoms with Crippen molar-refractivity contribution in [3.05, 3.63) is 58.0 Å². The van der Waals surface area contributed by atoms with E-state index in [9.17, 15) is 13.2 Å². The molecular formula is C17H17Cl2NO4S. The first-order valence-electron chi connectivity index (χ1n) is 7.81. The van der Waals surface area contributed by atoms with E-state index in [-0.39, 0.29) is 31.2 Å². The number of carbonyl (C=O) groups is 1. The lowest BCUT2D eigenvalue weighted by Crippen LogP contribution is -2.57. The summed E-state index contributed by atoms with van der Waals surface area (Å²) in [4.78, 5) is 13.8. The van der Waals surface area contributed by atoms with Crippen LogP contribution in [0.25, 0.3) is 0 Å². The average Bonchev–Trinajstić information content (AvgIpc) is 2.96. The summed E-state index contributed by atoms with van der Waals surface area (Å²) in [5, 5.41) is 0.524. The Hall–Kier alpha value is -1.50. The van der Waals surface area contributed by atoms with E-state index in [1.165, 1.54) is 6.26 Å². The molecule has 0 saturated carbocycles. The summed E-state index contributed by atoms with van der Waals surface area (Å²) in [7, 11) is -3.32. The predicted molar refractivity (Wildman–Crippen MR) is 96.5 cm³/mol. The van der Waals surface area contributed by atoms with Crippen LogP contribution in [0.15, 0.2) is 41.0 Å². The molecule has 2 heterocycles. The topological polar surface area (TPSA) is 67.6 Å². The molecule has 0 spiro atoms. The number of sulfone groups is 1. The van der Waals surface area contributed by atoms with Gasteiger partial charge in [0.25, 0.3) is 0 Å². The fourth-order valence-electron chi connectivity index (χ4n) is 2.74. The number of furan rings is 1. The van der Waals surface area contributed by atoms with E-state index >= 15 is 0 Å². The van der Waals surface area contributed by atoms with Gasteiger partial charge in [-0.15, -0.1) is 0 Å². The zero-order valence-corrected chi connectivity index (χ0v) is 15.6. The highest BCUT2D eigenvalue weighted by atomic mass is 35.5. The Bertz CT molecular complexity index is 839. The first-order chi connectivity index (χ1) is 11.9. The monoisotopic (exact) mass is 401 g/mol. The molecule has 1 aromatic carbocycles. The lowest BCUT2D eigenvalue weighted by Gasteiger charge is -2.38. The maximum absolute atomic E-state index is 12.3. The molecule has 25 heavy (non-hydrogen) atoms. The van der Waals surface area contributed by atoms with Gasteiger partial charge < -0.3 is 9.32 Å². The molecule has 1 amide bonds. The van der Waals surface area contributed by atoms with Crippen molar-refractivity contribution in [2.75, 3.05) is 13.1 Å². The maximum atomic E-state index is 12.3. The summed E-state index contributed by atoms with van der Waals surface area (Å²) in [6.07, 6.45) is 2.12. The molecule has 0 radical (unpaired) electrons. The van der Waals surface area contributed by atoms with Gasteiger partial charge in [-0.2, -0.15) is 0 Å². The highest BCUT2D eigenvalue weighted by Gasteiger charge is 2.39. The second-order valence-corrected chi connectivity index (χ2v) is 9.10. The standard InChI is InChI=1S/C17H17Cl2NO4S/c18-15-4-1-5-16(19)14(15)6-7-17(21)20-9-13(10-20)25(22,23)11-12-3-2-8-24-12/h1-5,8,13H,6-7,9-11H2. The van der Waals surface area contributed by atoms with E-state index in [4.69, 9.17) is 27.6 Å². The van der Waals surface area contributed by atoms with Crippen molar-refractivity contribution in [1.82, 2.24) is 4.90 Å². The van der Waals surface area contributed by atoms with Crippen molar-refractivity contribution < 1.29 is 17.6 Å². The molecule has 0 aliphatic carbocycles. The van der Waals surface area contributed by atoms with E-state index in [2.05, 4.69) is 0 Å². The van der Waals surface area contributed by atoms with Gasteiger partial charge in [0.2, 0.25) is 5.91 Å². The molecule has 1 aliphatic heterocycles. The van der Waals surface area contributed by atoms with Gasteiger partial charge in [0.15, 0.2) is 9.84 Å². The second kappa shape index (κ2) is 7.40. The number of hydrogen-bond donors (Lipinski definition) is 0. The van der Waals surface area contributed by atoms with E-state index in [1.807, 2.05) is 0 Å². The Balaban J connectivity index is 1.51. The van der Waals surface area contributed by atoms with Crippen LogP contribution in [0.1, 0.15) is 17.7 Å². The number of halogens is 2. The quantitative estimate of drug-likeness (QED) is 0.743. The Morgan fingerprint density at radius 2 is 1.84 bits per heavy atom. The van der Waals surface area contributed by atoms with Gasteiger partial charge in [-0.25, -0.2) is 8.42 Å². The first-order valence-corrected chi connectivity index (χ1v) is 10.3. The largest absolute Gasteiger partial charge is 0.468 e. The van der Waals surface area contributed by atoms with Gasteiger partial charge in [0.1, 0.15) is 11.5 Å². The summed E-state index contributed by atoms with van der Waals surface area (Å²) in [5.74, 6) is 0.181. The van der Waals surface area contributed by atoms with E-state index < -0.39 is 15.1 Å². The second-order valence-electron chi connectivity index (χ2n) is 6.01. The minimum absolute atomic E-state index is 0.0968. The number of likely N-dealkylation sites (tertiary alicyclic amines) is 1. The number of nitrogens with zero attached hydrogens (tertiary/aromatic N) is 1. The van der Waals surface area contributed by atoms with Gasteiger partial charge in [-0.3, -0.25) is 4.79 Å². The first kappa shape index (κ1) is 18.3. The molecule has 1 saturated heterocycles. The van der Waals surface area contributed by atoms with Crippen LogP contribution < -0.4 is 0 Å². The van der Waals surface area contributed by atoms with Crippen molar-refractivity contribution in [2.45, 2.75) is 23.8 Å². The highest BCUT2D eigenvalue weighted by molar-refractivity contribution is 7.91. The zero-order valence-electron chi connectivity index (χ0n) is 13.3. The van der Waals surface area contributed by atoms with Crippen molar-refractivity contribution in [3.63, 3.8) is 0 Å². The van der Waals surface area contributed by atoms with Crippen LogP contribution in [-0.4, -0.2) is 37.6 Å². The number of carbonyl (C=O) groups excluding carboxylic acids is 1. The maximum Gasteiger partial charge on any atom is 0.222 e. The zero-order chi connectivity index (χ0) is 18.0. The third-order valence-electron chi connectivity index (χ3n) is 4.28. The third-order valence-corrected chi connectivity index (χ3v) is 6.99. The van der Waals surface area contributed by atoms with Crippen LogP contribution in [-0.2, 0) is 26.8 Å². The highest BCUT2D eigenvalue weighted by Crippen LogP contribution is 2.27. The number of amides is 1. The molecule has 3 rings (SSSR count). The SMILES string of the molecule is O=C(CCc1c(Cl)cccc1Cl)N1CC(S(=O)(=O)Cc2ccco2)C1. The van der Waals surface area contributed by atoms with Crippen LogP contribution in [0.2, 0.25) is 10.0 Å². The normalized spacial score (nSPS) is 15.2. The Morgan fingerprint density at radius 1 is 1.16 bits per heavy atom. The lowest BCUT2D eigenvalue weighted by atomic mass is 10.1. The Morgan fingerprint density at radius 3 is 2.44 bits per heavy atom. The molecule has 0 N–H and O–H groups in total. The molecule has 1 aliphatic rings. The molecule has 1 aromatic heterocycles. The smallest absolute Gasteiger partial charge is 0.222 e. The van der Waals surface area contributed by atoms with Crippen LogP contribution in [0.3, 0.4) is 0 Å². The third kappa shape index (κ3) is 4.19. The van der Waals surface area contributed by atoms with Gasteiger partial charge >= 0.3 is 0 Å². The Labute approximate surface area is 156 Å². The van der Waals surface area contributed by atoms with Crippen LogP contribution in [0, 0.1) is 0 Å². The van der Waals surface area contributed by atoms with Crippen LogP contribution >= 0.6 is 23.2 Å². The summed E-state index contributed by atoms with van der Waals surface area (Å²) in [6.45, 7) is 0.441. The summed E-state index contributed by atoms with van der Waals surface area (Å²) >= 11 is 12.2.